The third kappa shape index (κ3) is 4.24. The zero-order valence-electron chi connectivity index (χ0n) is 14.9. The van der Waals surface area contributed by atoms with Crippen molar-refractivity contribution in [3.8, 4) is 11.3 Å². The fraction of sp³-hybridized carbons (Fsp3) is 0.200. The van der Waals surface area contributed by atoms with Gasteiger partial charge in [-0.15, -0.1) is 11.3 Å². The first-order valence-electron chi connectivity index (χ1n) is 8.89. The number of nitrogens with zero attached hydrogens (tertiary/aromatic N) is 2. The van der Waals surface area contributed by atoms with Gasteiger partial charge in [-0.05, 0) is 43.2 Å². The molecule has 3 aromatic rings. The van der Waals surface area contributed by atoms with Crippen LogP contribution in [0.1, 0.15) is 23.2 Å². The minimum Gasteiger partial charge on any atom is -0.368 e. The van der Waals surface area contributed by atoms with Gasteiger partial charge in [-0.3, -0.25) is 19.9 Å². The van der Waals surface area contributed by atoms with Crippen LogP contribution in [0, 0.1) is 0 Å². The van der Waals surface area contributed by atoms with Crippen molar-refractivity contribution in [2.45, 2.75) is 18.9 Å². The molecule has 2 N–H and O–H groups in total. The van der Waals surface area contributed by atoms with Gasteiger partial charge in [-0.1, -0.05) is 6.07 Å². The molecule has 8 heteroatoms. The fourth-order valence-corrected chi connectivity index (χ4v) is 3.61. The minimum absolute atomic E-state index is 0.184. The summed E-state index contributed by atoms with van der Waals surface area (Å²) in [7, 11) is 0. The molecule has 0 aliphatic carbocycles. The van der Waals surface area contributed by atoms with Gasteiger partial charge in [0.15, 0.2) is 5.13 Å². The minimum atomic E-state index is -0.418. The van der Waals surface area contributed by atoms with Gasteiger partial charge in [0.25, 0.3) is 11.8 Å². The fourth-order valence-electron chi connectivity index (χ4n) is 2.89. The Morgan fingerprint density at radius 3 is 2.89 bits per heavy atom. The Labute approximate surface area is 165 Å². The van der Waals surface area contributed by atoms with Gasteiger partial charge in [0.1, 0.15) is 6.10 Å². The van der Waals surface area contributed by atoms with E-state index in [4.69, 9.17) is 4.74 Å². The highest BCUT2D eigenvalue weighted by molar-refractivity contribution is 7.14. The van der Waals surface area contributed by atoms with Crippen LogP contribution in [0.25, 0.3) is 11.3 Å². The molecule has 7 nitrogen and oxygen atoms in total. The highest BCUT2D eigenvalue weighted by atomic mass is 32.1. The Morgan fingerprint density at radius 2 is 2.11 bits per heavy atom. The third-order valence-electron chi connectivity index (χ3n) is 4.30. The molecule has 1 fully saturated rings. The van der Waals surface area contributed by atoms with Crippen LogP contribution in [-0.4, -0.2) is 34.5 Å². The van der Waals surface area contributed by atoms with Crippen molar-refractivity contribution in [1.29, 1.82) is 0 Å². The maximum absolute atomic E-state index is 12.6. The van der Waals surface area contributed by atoms with E-state index in [1.54, 1.807) is 36.7 Å². The Balaban J connectivity index is 1.42. The van der Waals surface area contributed by atoms with Crippen molar-refractivity contribution in [1.82, 2.24) is 9.97 Å². The molecule has 1 atom stereocenters. The average Bonchev–Trinajstić information content (AvgIpc) is 3.41. The van der Waals surface area contributed by atoms with Crippen LogP contribution in [0.3, 0.4) is 0 Å². The number of hydrogen-bond donors (Lipinski definition) is 2. The van der Waals surface area contributed by atoms with Crippen LogP contribution >= 0.6 is 11.3 Å². The number of carbonyl (C=O) groups is 2. The number of amides is 2. The first kappa shape index (κ1) is 18.3. The molecule has 1 unspecified atom stereocenters. The molecule has 1 aromatic carbocycles. The van der Waals surface area contributed by atoms with E-state index in [0.29, 0.717) is 23.0 Å². The monoisotopic (exact) mass is 394 g/mol. The number of nitrogens with one attached hydrogen (secondary N) is 2. The Morgan fingerprint density at radius 1 is 1.18 bits per heavy atom. The van der Waals surface area contributed by atoms with Crippen molar-refractivity contribution in [3.05, 3.63) is 59.7 Å². The molecule has 0 spiro atoms. The predicted molar refractivity (Wildman–Crippen MR) is 107 cm³/mol. The van der Waals surface area contributed by atoms with E-state index < -0.39 is 6.10 Å². The van der Waals surface area contributed by atoms with E-state index in [1.165, 1.54) is 11.3 Å². The molecule has 3 heterocycles. The smallest absolute Gasteiger partial charge is 0.257 e. The highest BCUT2D eigenvalue weighted by Gasteiger charge is 2.23. The average molecular weight is 394 g/mol. The predicted octanol–water partition coefficient (Wildman–Crippen LogP) is 3.57. The largest absolute Gasteiger partial charge is 0.368 e. The zero-order chi connectivity index (χ0) is 19.3. The summed E-state index contributed by atoms with van der Waals surface area (Å²) in [5.41, 5.74) is 2.63. The molecule has 1 aliphatic rings. The molecule has 0 bridgehead atoms. The van der Waals surface area contributed by atoms with Crippen LogP contribution in [0.4, 0.5) is 10.8 Å². The van der Waals surface area contributed by atoms with Crippen LogP contribution in [0.2, 0.25) is 0 Å². The Hall–Kier alpha value is -3.10. The first-order valence-corrected chi connectivity index (χ1v) is 9.77. The summed E-state index contributed by atoms with van der Waals surface area (Å²) >= 11 is 1.34. The second kappa shape index (κ2) is 8.28. The molecule has 2 amide bonds. The summed E-state index contributed by atoms with van der Waals surface area (Å²) in [5, 5.41) is 7.96. The number of hydrogen-bond acceptors (Lipinski definition) is 6. The number of pyridine rings is 1. The van der Waals surface area contributed by atoms with Crippen LogP contribution in [-0.2, 0) is 9.53 Å². The maximum Gasteiger partial charge on any atom is 0.257 e. The first-order chi connectivity index (χ1) is 13.7. The van der Waals surface area contributed by atoms with Crippen LogP contribution < -0.4 is 10.6 Å². The van der Waals surface area contributed by atoms with Gasteiger partial charge in [0, 0.05) is 41.2 Å². The number of rotatable bonds is 5. The maximum atomic E-state index is 12.6. The lowest BCUT2D eigenvalue weighted by molar-refractivity contribution is -0.124. The summed E-state index contributed by atoms with van der Waals surface area (Å²) in [5.74, 6) is -0.476. The molecular formula is C20H18N4O3S. The van der Waals surface area contributed by atoms with Crippen LogP contribution in [0.15, 0.2) is 54.2 Å². The molecular weight excluding hydrogens is 376 g/mol. The lowest BCUT2D eigenvalue weighted by atomic mass is 10.1. The van der Waals surface area contributed by atoms with E-state index in [0.717, 1.165) is 24.1 Å². The summed E-state index contributed by atoms with van der Waals surface area (Å²) in [6, 6.07) is 10.5. The topological polar surface area (TPSA) is 93.2 Å². The second-order valence-electron chi connectivity index (χ2n) is 6.31. The number of ether oxygens (including phenoxy) is 1. The molecule has 1 aliphatic heterocycles. The van der Waals surface area contributed by atoms with E-state index in [1.807, 2.05) is 17.5 Å². The van der Waals surface area contributed by atoms with Gasteiger partial charge >= 0.3 is 0 Å². The molecule has 28 heavy (non-hydrogen) atoms. The Kier molecular flexibility index (Phi) is 5.41. The van der Waals surface area contributed by atoms with E-state index in [2.05, 4.69) is 20.6 Å². The van der Waals surface area contributed by atoms with Gasteiger partial charge in [-0.2, -0.15) is 0 Å². The molecule has 1 saturated heterocycles. The third-order valence-corrected chi connectivity index (χ3v) is 5.05. The van der Waals surface area contributed by atoms with Crippen molar-refractivity contribution in [2.75, 3.05) is 17.2 Å². The summed E-state index contributed by atoms with van der Waals surface area (Å²) in [6.45, 7) is 0.607. The number of benzene rings is 1. The normalized spacial score (nSPS) is 15.9. The lowest BCUT2D eigenvalue weighted by Crippen LogP contribution is -2.27. The van der Waals surface area contributed by atoms with Crippen molar-refractivity contribution in [3.63, 3.8) is 0 Å². The second-order valence-corrected chi connectivity index (χ2v) is 7.16. The van der Waals surface area contributed by atoms with Crippen molar-refractivity contribution < 1.29 is 14.3 Å². The van der Waals surface area contributed by atoms with Crippen LogP contribution in [0.5, 0.6) is 0 Å². The Bertz CT molecular complexity index is 984. The molecule has 2 aromatic heterocycles. The van der Waals surface area contributed by atoms with E-state index in [-0.39, 0.29) is 11.8 Å². The quantitative estimate of drug-likeness (QED) is 0.690. The zero-order valence-corrected chi connectivity index (χ0v) is 15.7. The van der Waals surface area contributed by atoms with E-state index in [9.17, 15) is 9.59 Å². The number of thiazole rings is 1. The number of carbonyl (C=O) groups excluding carboxylic acids is 2. The lowest BCUT2D eigenvalue weighted by Gasteiger charge is -2.11. The summed E-state index contributed by atoms with van der Waals surface area (Å²) < 4.78 is 5.38. The van der Waals surface area contributed by atoms with E-state index >= 15 is 0 Å². The molecule has 4 rings (SSSR count). The van der Waals surface area contributed by atoms with Gasteiger partial charge in [0.2, 0.25) is 0 Å². The van der Waals surface area contributed by atoms with Gasteiger partial charge in [-0.25, -0.2) is 4.98 Å². The molecule has 142 valence electrons. The number of anilines is 2. The van der Waals surface area contributed by atoms with Gasteiger partial charge < -0.3 is 10.1 Å². The SMILES string of the molecule is O=C(Nc1nc(-c2cccnc2)cs1)c1cccc(NC(=O)C2CCCO2)c1. The van der Waals surface area contributed by atoms with Crippen molar-refractivity contribution in [2.24, 2.45) is 0 Å². The molecule has 0 saturated carbocycles. The summed E-state index contributed by atoms with van der Waals surface area (Å²) in [6.07, 6.45) is 4.60. The standard InChI is InChI=1S/C20H18N4O3S/c25-18(24-20-23-16(12-28-20)14-5-2-8-21-11-14)13-4-1-6-15(10-13)22-19(26)17-7-3-9-27-17/h1-2,4-6,8,10-12,17H,3,7,9H2,(H,22,26)(H,23,24,25). The van der Waals surface area contributed by atoms with Gasteiger partial charge in [0.05, 0.1) is 5.69 Å². The molecule has 0 radical (unpaired) electrons. The van der Waals surface area contributed by atoms with Crippen molar-refractivity contribution >= 4 is 34.0 Å². The number of aromatic nitrogens is 2. The highest BCUT2D eigenvalue weighted by Crippen LogP contribution is 2.25. The summed E-state index contributed by atoms with van der Waals surface area (Å²) in [4.78, 5) is 33.2.